The van der Waals surface area contributed by atoms with E-state index in [0.717, 1.165) is 32.1 Å². The third-order valence-electron chi connectivity index (χ3n) is 9.98. The molecule has 0 radical (unpaired) electrons. The largest absolute Gasteiger partial charge is 0.469 e. The highest BCUT2D eigenvalue weighted by atomic mass is 79.9. The van der Waals surface area contributed by atoms with E-state index in [-0.39, 0.29) is 45.2 Å². The molecule has 0 amide bonds. The topological polar surface area (TPSA) is 60.4 Å². The molecule has 8 unspecified atom stereocenters. The molecule has 0 aromatic rings. The van der Waals surface area contributed by atoms with Crippen molar-refractivity contribution in [3.8, 4) is 0 Å². The van der Waals surface area contributed by atoms with Gasteiger partial charge in [0.15, 0.2) is 5.78 Å². The van der Waals surface area contributed by atoms with Crippen LogP contribution in [0.3, 0.4) is 0 Å². The van der Waals surface area contributed by atoms with Gasteiger partial charge in [0.1, 0.15) is 5.78 Å². The van der Waals surface area contributed by atoms with Crippen LogP contribution in [0.5, 0.6) is 0 Å². The predicted molar refractivity (Wildman–Crippen MR) is 119 cm³/mol. The molecule has 9 atom stereocenters. The Morgan fingerprint density at radius 1 is 1.20 bits per heavy atom. The van der Waals surface area contributed by atoms with Crippen molar-refractivity contribution >= 4 is 33.5 Å². The lowest BCUT2D eigenvalue weighted by Crippen LogP contribution is -2.64. The van der Waals surface area contributed by atoms with E-state index in [1.54, 1.807) is 0 Å². The second-order valence-corrected chi connectivity index (χ2v) is 12.1. The van der Waals surface area contributed by atoms with E-state index in [0.29, 0.717) is 36.4 Å². The van der Waals surface area contributed by atoms with Crippen LogP contribution in [0, 0.1) is 46.3 Å². The summed E-state index contributed by atoms with van der Waals surface area (Å²) in [4.78, 5) is 38.9. The van der Waals surface area contributed by atoms with Crippen LogP contribution in [0.1, 0.15) is 78.6 Å². The van der Waals surface area contributed by atoms with Crippen LogP contribution < -0.4 is 0 Å². The number of carbonyl (C=O) groups excluding carboxylic acids is 3. The molecule has 0 aliphatic heterocycles. The maximum Gasteiger partial charge on any atom is 0.305 e. The summed E-state index contributed by atoms with van der Waals surface area (Å²) in [6, 6.07) is 0. The minimum absolute atomic E-state index is 0.0180. The second kappa shape index (κ2) is 8.01. The van der Waals surface area contributed by atoms with Crippen LogP contribution in [0.15, 0.2) is 0 Å². The van der Waals surface area contributed by atoms with E-state index in [1.807, 2.05) is 0 Å². The number of alkyl halides is 1. The molecule has 0 bridgehead atoms. The number of rotatable bonds is 4. The lowest BCUT2D eigenvalue weighted by atomic mass is 9.44. The van der Waals surface area contributed by atoms with Crippen LogP contribution in [0.25, 0.3) is 0 Å². The first-order valence-corrected chi connectivity index (χ1v) is 12.8. The zero-order valence-electron chi connectivity index (χ0n) is 18.9. The van der Waals surface area contributed by atoms with Crippen LogP contribution in [-0.2, 0) is 19.1 Å². The summed E-state index contributed by atoms with van der Waals surface area (Å²) in [6.07, 6.45) is 8.48. The Balaban J connectivity index is 1.65. The van der Waals surface area contributed by atoms with E-state index in [1.165, 1.54) is 20.0 Å². The molecule has 4 aliphatic rings. The van der Waals surface area contributed by atoms with E-state index in [4.69, 9.17) is 4.74 Å². The number of halogens is 1. The van der Waals surface area contributed by atoms with E-state index >= 15 is 0 Å². The van der Waals surface area contributed by atoms with Crippen molar-refractivity contribution in [1.82, 2.24) is 0 Å². The maximum atomic E-state index is 13.9. The van der Waals surface area contributed by atoms with Crippen LogP contribution in [0.2, 0.25) is 0 Å². The number of Topliss-reactive ketones (excluding diaryl/α,β-unsaturated/α-hetero) is 2. The highest BCUT2D eigenvalue weighted by Crippen LogP contribution is 2.67. The van der Waals surface area contributed by atoms with Crippen molar-refractivity contribution in [2.24, 2.45) is 46.3 Å². The predicted octanol–water partition coefficient (Wildman–Crippen LogP) is 5.36. The van der Waals surface area contributed by atoms with Gasteiger partial charge in [0, 0.05) is 24.7 Å². The fraction of sp³-hybridized carbons (Fsp3) is 0.880. The molecule has 0 saturated heterocycles. The molecular weight excluding hydrogens is 444 g/mol. The van der Waals surface area contributed by atoms with Crippen molar-refractivity contribution in [3.63, 3.8) is 0 Å². The molecule has 0 aromatic carbocycles. The first-order chi connectivity index (χ1) is 14.2. The molecule has 4 saturated carbocycles. The van der Waals surface area contributed by atoms with Gasteiger partial charge in [-0.15, -0.1) is 0 Å². The lowest BCUT2D eigenvalue weighted by molar-refractivity contribution is -0.166. The summed E-state index contributed by atoms with van der Waals surface area (Å²) < 4.78 is 4.83. The average molecular weight is 481 g/mol. The number of ether oxygens (including phenoxy) is 1. The Morgan fingerprint density at radius 3 is 2.63 bits per heavy atom. The van der Waals surface area contributed by atoms with Crippen molar-refractivity contribution in [1.29, 1.82) is 0 Å². The molecule has 0 aromatic heterocycles. The Kier molecular flexibility index (Phi) is 6.00. The van der Waals surface area contributed by atoms with Gasteiger partial charge < -0.3 is 4.74 Å². The standard InChI is InChI=1S/C25H37BrO4/c1-14(8-11-19(28)30-4)16-9-10-17-20-18(27)13-15-7-5-6-12-24(15,2)21(20)22(29)23(26)25(16,17)3/h14-17,20-21,23H,5-13H2,1-4H3/t14-,15?,16?,17?,20?,21?,23?,24?,25?/m1/s1. The normalized spacial score (nSPS) is 46.6. The number of carbonyl (C=O) groups is 3. The van der Waals surface area contributed by atoms with Gasteiger partial charge >= 0.3 is 5.97 Å². The van der Waals surface area contributed by atoms with Gasteiger partial charge in [0.2, 0.25) is 0 Å². The summed E-state index contributed by atoms with van der Waals surface area (Å²) in [5, 5.41) is 0. The number of hydrogen-bond acceptors (Lipinski definition) is 4. The van der Waals surface area contributed by atoms with Crippen LogP contribution in [-0.4, -0.2) is 29.5 Å². The van der Waals surface area contributed by atoms with E-state index in [2.05, 4.69) is 36.7 Å². The Hall–Kier alpha value is -0.710. The third-order valence-corrected chi connectivity index (χ3v) is 11.4. The Morgan fingerprint density at radius 2 is 1.93 bits per heavy atom. The van der Waals surface area contributed by atoms with Crippen LogP contribution >= 0.6 is 15.9 Å². The number of fused-ring (bicyclic) bond motifs is 5. The Bertz CT molecular complexity index is 735. The van der Waals surface area contributed by atoms with E-state index < -0.39 is 0 Å². The number of ketones is 2. The minimum atomic E-state index is -0.221. The highest BCUT2D eigenvalue weighted by molar-refractivity contribution is 9.10. The van der Waals surface area contributed by atoms with Gasteiger partial charge in [0.05, 0.1) is 11.9 Å². The van der Waals surface area contributed by atoms with Gasteiger partial charge in [-0.2, -0.15) is 0 Å². The Labute approximate surface area is 189 Å². The summed E-state index contributed by atoms with van der Waals surface area (Å²) in [5.74, 6) is 1.56. The average Bonchev–Trinajstić information content (AvgIpc) is 3.08. The molecule has 4 fully saturated rings. The van der Waals surface area contributed by atoms with Gasteiger partial charge in [-0.3, -0.25) is 14.4 Å². The van der Waals surface area contributed by atoms with Gasteiger partial charge in [-0.05, 0) is 66.6 Å². The van der Waals surface area contributed by atoms with E-state index in [9.17, 15) is 14.4 Å². The van der Waals surface area contributed by atoms with Crippen LogP contribution in [0.4, 0.5) is 0 Å². The first-order valence-electron chi connectivity index (χ1n) is 11.9. The lowest BCUT2D eigenvalue weighted by Gasteiger charge is -2.60. The monoisotopic (exact) mass is 480 g/mol. The number of hydrogen-bond donors (Lipinski definition) is 0. The number of methoxy groups -OCH3 is 1. The zero-order chi connectivity index (χ0) is 21.8. The summed E-state index contributed by atoms with van der Waals surface area (Å²) in [5.41, 5.74) is -0.239. The molecule has 4 rings (SSSR count). The molecular formula is C25H37BrO4. The second-order valence-electron chi connectivity index (χ2n) is 11.1. The van der Waals surface area contributed by atoms with Crippen molar-refractivity contribution in [3.05, 3.63) is 0 Å². The molecule has 0 heterocycles. The first kappa shape index (κ1) is 22.5. The zero-order valence-corrected chi connectivity index (χ0v) is 20.5. The fourth-order valence-electron chi connectivity index (χ4n) is 8.32. The fourth-order valence-corrected chi connectivity index (χ4v) is 9.28. The quantitative estimate of drug-likeness (QED) is 0.401. The highest BCUT2D eigenvalue weighted by Gasteiger charge is 2.68. The molecule has 0 N–H and O–H groups in total. The molecule has 168 valence electrons. The van der Waals surface area contributed by atoms with Gasteiger partial charge in [-0.1, -0.05) is 49.5 Å². The van der Waals surface area contributed by atoms with Gasteiger partial charge in [-0.25, -0.2) is 0 Å². The minimum Gasteiger partial charge on any atom is -0.469 e. The van der Waals surface area contributed by atoms with Crippen molar-refractivity contribution in [2.75, 3.05) is 7.11 Å². The maximum absolute atomic E-state index is 13.9. The van der Waals surface area contributed by atoms with Gasteiger partial charge in [0.25, 0.3) is 0 Å². The molecule has 4 nitrogen and oxygen atoms in total. The molecule has 4 aliphatic carbocycles. The molecule has 30 heavy (non-hydrogen) atoms. The third kappa shape index (κ3) is 3.16. The van der Waals surface area contributed by atoms with Crippen molar-refractivity contribution < 1.29 is 19.1 Å². The number of esters is 1. The van der Waals surface area contributed by atoms with Crippen molar-refractivity contribution in [2.45, 2.75) is 83.4 Å². The summed E-state index contributed by atoms with van der Waals surface area (Å²) in [6.45, 7) is 6.77. The summed E-state index contributed by atoms with van der Waals surface area (Å²) in [7, 11) is 1.43. The molecule has 0 spiro atoms. The summed E-state index contributed by atoms with van der Waals surface area (Å²) >= 11 is 3.89. The SMILES string of the molecule is COC(=O)CC[C@@H](C)C1CCC2C3C(=O)CC4CCCCC4(C)C3C(=O)C(Br)C21C. The molecule has 5 heteroatoms. The smallest absolute Gasteiger partial charge is 0.305 e.